The summed E-state index contributed by atoms with van der Waals surface area (Å²) in [5.41, 5.74) is 2.36. The van der Waals surface area contributed by atoms with Gasteiger partial charge in [0, 0.05) is 22.4 Å². The van der Waals surface area contributed by atoms with E-state index in [-0.39, 0.29) is 27.7 Å². The van der Waals surface area contributed by atoms with Crippen molar-refractivity contribution in [2.45, 2.75) is 33.6 Å². The minimum absolute atomic E-state index is 0.128. The number of hydrogen-bond acceptors (Lipinski definition) is 4. The number of hydrogen-bond donors (Lipinski definition) is 1. The van der Waals surface area contributed by atoms with Crippen molar-refractivity contribution in [3.8, 4) is 0 Å². The van der Waals surface area contributed by atoms with E-state index in [0.717, 1.165) is 11.1 Å². The number of Topliss-reactive ketones (excluding diaryl/α,β-unsaturated/α-hetero) is 3. The van der Waals surface area contributed by atoms with E-state index in [1.807, 2.05) is 39.0 Å². The summed E-state index contributed by atoms with van der Waals surface area (Å²) in [4.78, 5) is 51.5. The molecule has 6 heteroatoms. The average molecular weight is 424 g/mol. The van der Waals surface area contributed by atoms with Gasteiger partial charge in [0.2, 0.25) is 11.7 Å². The van der Waals surface area contributed by atoms with Gasteiger partial charge in [-0.15, -0.1) is 0 Å². The summed E-state index contributed by atoms with van der Waals surface area (Å²) >= 11 is 6.23. The molecule has 0 spiro atoms. The lowest BCUT2D eigenvalue weighted by atomic mass is 9.81. The zero-order valence-corrected chi connectivity index (χ0v) is 18.0. The Labute approximate surface area is 180 Å². The van der Waals surface area contributed by atoms with Crippen LogP contribution in [0, 0.1) is 12.8 Å². The fourth-order valence-electron chi connectivity index (χ4n) is 3.68. The lowest BCUT2D eigenvalue weighted by Gasteiger charge is -2.24. The van der Waals surface area contributed by atoms with Crippen molar-refractivity contribution in [3.05, 3.63) is 75.3 Å². The van der Waals surface area contributed by atoms with Crippen molar-refractivity contribution >= 4 is 40.5 Å². The van der Waals surface area contributed by atoms with Gasteiger partial charge >= 0.3 is 0 Å². The summed E-state index contributed by atoms with van der Waals surface area (Å²) < 4.78 is 0. The van der Waals surface area contributed by atoms with Gasteiger partial charge in [-0.3, -0.25) is 19.2 Å². The number of ketones is 3. The molecule has 154 valence electrons. The van der Waals surface area contributed by atoms with Crippen molar-refractivity contribution in [3.63, 3.8) is 0 Å². The third-order valence-electron chi connectivity index (χ3n) is 5.23. The Kier molecular flexibility index (Phi) is 6.04. The predicted octanol–water partition coefficient (Wildman–Crippen LogP) is 4.83. The van der Waals surface area contributed by atoms with Gasteiger partial charge in [0.25, 0.3) is 0 Å². The Morgan fingerprint density at radius 3 is 2.10 bits per heavy atom. The molecule has 0 aliphatic heterocycles. The fourth-order valence-corrected chi connectivity index (χ4v) is 3.98. The highest BCUT2D eigenvalue weighted by Crippen LogP contribution is 2.34. The topological polar surface area (TPSA) is 80.3 Å². The van der Waals surface area contributed by atoms with Crippen molar-refractivity contribution in [1.82, 2.24) is 0 Å². The second-order valence-corrected chi connectivity index (χ2v) is 8.04. The van der Waals surface area contributed by atoms with Gasteiger partial charge in [-0.2, -0.15) is 0 Å². The van der Waals surface area contributed by atoms with Crippen LogP contribution < -0.4 is 5.32 Å². The van der Waals surface area contributed by atoms with Gasteiger partial charge in [0.15, 0.2) is 5.78 Å². The number of anilines is 1. The number of carbonyl (C=O) groups excluding carboxylic acids is 4. The molecular formula is C24H22ClNO4. The lowest BCUT2D eigenvalue weighted by Crippen LogP contribution is -2.36. The number of amides is 1. The second-order valence-electron chi connectivity index (χ2n) is 7.66. The molecule has 3 rings (SSSR count). The number of allylic oxidation sites excluding steroid dienone is 1. The minimum Gasteiger partial charge on any atom is -0.325 e. The number of halogens is 1. The summed E-state index contributed by atoms with van der Waals surface area (Å²) in [6.07, 6.45) is 0. The van der Waals surface area contributed by atoms with Gasteiger partial charge in [0.1, 0.15) is 11.7 Å². The first kappa shape index (κ1) is 21.7. The van der Waals surface area contributed by atoms with Crippen LogP contribution in [0.15, 0.2) is 53.1 Å². The molecule has 1 aliphatic rings. The number of benzene rings is 2. The van der Waals surface area contributed by atoms with Crippen LogP contribution in [-0.4, -0.2) is 23.3 Å². The Morgan fingerprint density at radius 2 is 1.53 bits per heavy atom. The van der Waals surface area contributed by atoms with Crippen LogP contribution in [0.25, 0.3) is 0 Å². The minimum atomic E-state index is -1.48. The maximum atomic E-state index is 13.2. The summed E-state index contributed by atoms with van der Waals surface area (Å²) in [6, 6.07) is 11.9. The lowest BCUT2D eigenvalue weighted by molar-refractivity contribution is -0.128. The van der Waals surface area contributed by atoms with Gasteiger partial charge in [-0.25, -0.2) is 0 Å². The Balaban J connectivity index is 2.07. The van der Waals surface area contributed by atoms with E-state index in [4.69, 9.17) is 11.6 Å². The van der Waals surface area contributed by atoms with E-state index in [1.165, 1.54) is 19.1 Å². The van der Waals surface area contributed by atoms with Gasteiger partial charge in [0.05, 0.1) is 5.03 Å². The summed E-state index contributed by atoms with van der Waals surface area (Å²) in [7, 11) is 0. The quantitative estimate of drug-likeness (QED) is 0.698. The Bertz CT molecular complexity index is 1110. The maximum absolute atomic E-state index is 13.2. The third kappa shape index (κ3) is 3.73. The molecule has 1 N–H and O–H groups in total. The smallest absolute Gasteiger partial charge is 0.239 e. The fraction of sp³-hybridized carbons (Fsp3) is 0.250. The first-order valence-electron chi connectivity index (χ1n) is 9.64. The molecule has 0 fully saturated rings. The van der Waals surface area contributed by atoms with Crippen molar-refractivity contribution in [2.24, 2.45) is 5.92 Å². The highest BCUT2D eigenvalue weighted by atomic mass is 35.5. The van der Waals surface area contributed by atoms with Crippen LogP contribution in [0.1, 0.15) is 58.5 Å². The molecule has 1 atom stereocenters. The third-order valence-corrected chi connectivity index (χ3v) is 5.60. The molecule has 0 heterocycles. The molecule has 0 radical (unpaired) electrons. The number of aryl methyl sites for hydroxylation is 1. The van der Waals surface area contributed by atoms with Crippen LogP contribution in [0.4, 0.5) is 5.69 Å². The summed E-state index contributed by atoms with van der Waals surface area (Å²) in [5.74, 6) is -3.77. The molecule has 2 aromatic carbocycles. The van der Waals surface area contributed by atoms with Gasteiger partial charge < -0.3 is 5.32 Å². The molecule has 0 unspecified atom stereocenters. The van der Waals surface area contributed by atoms with Gasteiger partial charge in [-0.1, -0.05) is 67.9 Å². The molecule has 1 amide bonds. The first-order valence-corrected chi connectivity index (χ1v) is 10.0. The van der Waals surface area contributed by atoms with Crippen LogP contribution in [0.2, 0.25) is 0 Å². The van der Waals surface area contributed by atoms with Crippen LogP contribution in [0.3, 0.4) is 0 Å². The molecule has 2 aromatic rings. The van der Waals surface area contributed by atoms with Crippen LogP contribution in [-0.2, 0) is 9.59 Å². The van der Waals surface area contributed by atoms with Gasteiger partial charge in [-0.05, 0) is 30.9 Å². The molecule has 0 bridgehead atoms. The molecule has 1 aliphatic carbocycles. The zero-order valence-electron chi connectivity index (χ0n) is 17.2. The summed E-state index contributed by atoms with van der Waals surface area (Å²) in [6.45, 7) is 7.04. The van der Waals surface area contributed by atoms with Crippen molar-refractivity contribution < 1.29 is 19.2 Å². The van der Waals surface area contributed by atoms with E-state index >= 15 is 0 Å². The monoisotopic (exact) mass is 423 g/mol. The van der Waals surface area contributed by atoms with Crippen molar-refractivity contribution in [2.75, 3.05) is 5.32 Å². The standard InChI is InChI=1S/C24H22ClNO4/c1-12(2)15-11-7-8-13(3)21(15)26-24(30)18(14(4)27)19-20(25)23(29)17-10-6-5-9-16(17)22(19)28/h5-12,18H,1-4H3,(H,26,30)/t18-/m1/s1. The van der Waals surface area contributed by atoms with E-state index in [0.29, 0.717) is 5.69 Å². The number of nitrogens with one attached hydrogen (secondary N) is 1. The number of fused-ring (bicyclic) bond motifs is 1. The SMILES string of the molecule is CC(=O)[C@@H](C(=O)Nc1c(C)cccc1C(C)C)C1=C(Cl)C(=O)c2ccccc2C1=O. The second kappa shape index (κ2) is 8.36. The number of rotatable bonds is 5. The molecular weight excluding hydrogens is 402 g/mol. The highest BCUT2D eigenvalue weighted by Gasteiger charge is 2.40. The Morgan fingerprint density at radius 1 is 0.933 bits per heavy atom. The van der Waals surface area contributed by atoms with E-state index in [1.54, 1.807) is 12.1 Å². The van der Waals surface area contributed by atoms with E-state index in [2.05, 4.69) is 5.32 Å². The normalized spacial score (nSPS) is 14.6. The van der Waals surface area contributed by atoms with Crippen LogP contribution in [0.5, 0.6) is 0 Å². The average Bonchev–Trinajstić information content (AvgIpc) is 2.70. The first-order chi connectivity index (χ1) is 14.1. The molecule has 0 saturated carbocycles. The molecule has 0 saturated heterocycles. The van der Waals surface area contributed by atoms with Crippen molar-refractivity contribution in [1.29, 1.82) is 0 Å². The van der Waals surface area contributed by atoms with E-state index < -0.39 is 29.2 Å². The maximum Gasteiger partial charge on any atom is 0.239 e. The number of carbonyl (C=O) groups is 4. The van der Waals surface area contributed by atoms with Crippen LogP contribution >= 0.6 is 11.6 Å². The molecule has 30 heavy (non-hydrogen) atoms. The Hall–Kier alpha value is -3.05. The zero-order chi connectivity index (χ0) is 22.2. The van der Waals surface area contributed by atoms with E-state index in [9.17, 15) is 19.2 Å². The predicted molar refractivity (Wildman–Crippen MR) is 116 cm³/mol. The molecule has 0 aromatic heterocycles. The molecule has 5 nitrogen and oxygen atoms in total. The summed E-state index contributed by atoms with van der Waals surface area (Å²) in [5, 5.41) is 2.42. The highest BCUT2D eigenvalue weighted by molar-refractivity contribution is 6.50. The number of para-hydroxylation sites is 1. The largest absolute Gasteiger partial charge is 0.325 e.